The summed E-state index contributed by atoms with van der Waals surface area (Å²) in [5.74, 6) is 0.610. The quantitative estimate of drug-likeness (QED) is 0.709. The fourth-order valence-corrected chi connectivity index (χ4v) is 2.61. The van der Waals surface area contributed by atoms with E-state index >= 15 is 0 Å². The molecule has 1 atom stereocenters. The molecule has 0 aliphatic carbocycles. The summed E-state index contributed by atoms with van der Waals surface area (Å²) in [6.07, 6.45) is 2.65. The Kier molecular flexibility index (Phi) is 7.27. The van der Waals surface area contributed by atoms with Crippen LogP contribution in [0.4, 0.5) is 5.69 Å². The van der Waals surface area contributed by atoms with Gasteiger partial charge in [0.2, 0.25) is 5.91 Å². The SMILES string of the molecule is CC(CC(=O)NCCCNc1ccccc1)CC(C)(C)C. The Morgan fingerprint density at radius 3 is 2.43 bits per heavy atom. The van der Waals surface area contributed by atoms with E-state index in [-0.39, 0.29) is 5.91 Å². The fourth-order valence-electron chi connectivity index (χ4n) is 2.61. The Bertz CT molecular complexity index is 409. The number of amides is 1. The van der Waals surface area contributed by atoms with Crippen molar-refractivity contribution in [3.05, 3.63) is 30.3 Å². The summed E-state index contributed by atoms with van der Waals surface area (Å²) in [6, 6.07) is 10.1. The molecule has 1 unspecified atom stereocenters. The number of benzene rings is 1. The van der Waals surface area contributed by atoms with E-state index in [1.807, 2.05) is 30.3 Å². The molecule has 3 heteroatoms. The first-order valence-corrected chi connectivity index (χ1v) is 7.92. The fraction of sp³-hybridized carbons (Fsp3) is 0.611. The average molecular weight is 290 g/mol. The number of hydrogen-bond donors (Lipinski definition) is 2. The summed E-state index contributed by atoms with van der Waals surface area (Å²) in [5, 5.41) is 6.35. The molecule has 0 saturated carbocycles. The first kappa shape index (κ1) is 17.5. The van der Waals surface area contributed by atoms with E-state index in [1.54, 1.807) is 0 Å². The average Bonchev–Trinajstić information content (AvgIpc) is 2.37. The third-order valence-corrected chi connectivity index (χ3v) is 3.27. The highest BCUT2D eigenvalue weighted by molar-refractivity contribution is 5.76. The highest BCUT2D eigenvalue weighted by Crippen LogP contribution is 2.25. The van der Waals surface area contributed by atoms with Crippen molar-refractivity contribution in [2.24, 2.45) is 11.3 Å². The monoisotopic (exact) mass is 290 g/mol. The van der Waals surface area contributed by atoms with Crippen molar-refractivity contribution in [3.63, 3.8) is 0 Å². The molecule has 1 rings (SSSR count). The van der Waals surface area contributed by atoms with Crippen LogP contribution < -0.4 is 10.6 Å². The Balaban J connectivity index is 2.08. The second-order valence-electron chi connectivity index (χ2n) is 7.07. The maximum Gasteiger partial charge on any atom is 0.220 e. The van der Waals surface area contributed by atoms with Gasteiger partial charge in [-0.1, -0.05) is 45.9 Å². The van der Waals surface area contributed by atoms with Crippen LogP contribution in [0.2, 0.25) is 0 Å². The van der Waals surface area contributed by atoms with Crippen LogP contribution >= 0.6 is 0 Å². The zero-order chi connectivity index (χ0) is 15.7. The molecule has 0 aromatic heterocycles. The Morgan fingerprint density at radius 1 is 1.14 bits per heavy atom. The third-order valence-electron chi connectivity index (χ3n) is 3.27. The number of anilines is 1. The van der Waals surface area contributed by atoms with Gasteiger partial charge in [-0.05, 0) is 36.3 Å². The molecule has 0 aliphatic rings. The lowest BCUT2D eigenvalue weighted by atomic mass is 9.84. The molecule has 0 heterocycles. The van der Waals surface area contributed by atoms with Gasteiger partial charge >= 0.3 is 0 Å². The number of para-hydroxylation sites is 1. The smallest absolute Gasteiger partial charge is 0.220 e. The minimum Gasteiger partial charge on any atom is -0.385 e. The standard InChI is InChI=1S/C18H30N2O/c1-15(14-18(2,3)4)13-17(21)20-12-8-11-19-16-9-6-5-7-10-16/h5-7,9-10,15,19H,8,11-14H2,1-4H3,(H,20,21). The van der Waals surface area contributed by atoms with E-state index in [9.17, 15) is 4.79 Å². The van der Waals surface area contributed by atoms with Gasteiger partial charge in [0.25, 0.3) is 0 Å². The number of nitrogens with one attached hydrogen (secondary N) is 2. The summed E-state index contributed by atoms with van der Waals surface area (Å²) in [4.78, 5) is 11.8. The predicted molar refractivity (Wildman–Crippen MR) is 90.4 cm³/mol. The molecule has 1 amide bonds. The molecule has 1 aromatic carbocycles. The lowest BCUT2D eigenvalue weighted by Gasteiger charge is -2.22. The molecule has 118 valence electrons. The maximum atomic E-state index is 11.8. The summed E-state index contributed by atoms with van der Waals surface area (Å²) in [6.45, 7) is 10.4. The molecular weight excluding hydrogens is 260 g/mol. The zero-order valence-electron chi connectivity index (χ0n) is 13.9. The van der Waals surface area contributed by atoms with Crippen LogP contribution in [0.5, 0.6) is 0 Å². The van der Waals surface area contributed by atoms with Crippen molar-refractivity contribution in [3.8, 4) is 0 Å². The highest BCUT2D eigenvalue weighted by atomic mass is 16.1. The van der Waals surface area contributed by atoms with Crippen LogP contribution in [0.15, 0.2) is 30.3 Å². The number of rotatable bonds is 8. The van der Waals surface area contributed by atoms with Gasteiger partial charge in [0.1, 0.15) is 0 Å². The number of hydrogen-bond acceptors (Lipinski definition) is 2. The largest absolute Gasteiger partial charge is 0.385 e. The van der Waals surface area contributed by atoms with E-state index in [1.165, 1.54) is 0 Å². The van der Waals surface area contributed by atoms with Gasteiger partial charge in [0.05, 0.1) is 0 Å². The topological polar surface area (TPSA) is 41.1 Å². The van der Waals surface area contributed by atoms with E-state index in [0.717, 1.165) is 31.6 Å². The normalized spacial score (nSPS) is 12.8. The lowest BCUT2D eigenvalue weighted by molar-refractivity contribution is -0.122. The molecule has 0 radical (unpaired) electrons. The molecule has 0 aliphatic heterocycles. The van der Waals surface area contributed by atoms with Crippen LogP contribution in [0.3, 0.4) is 0 Å². The summed E-state index contributed by atoms with van der Waals surface area (Å²) in [7, 11) is 0. The van der Waals surface area contributed by atoms with E-state index in [4.69, 9.17) is 0 Å². The van der Waals surface area contributed by atoms with Crippen LogP contribution in [0.25, 0.3) is 0 Å². The first-order chi connectivity index (χ1) is 9.87. The van der Waals surface area contributed by atoms with E-state index in [2.05, 4.69) is 38.3 Å². The Morgan fingerprint density at radius 2 is 1.81 bits per heavy atom. The number of carbonyl (C=O) groups is 1. The van der Waals surface area contributed by atoms with Crippen LogP contribution in [-0.4, -0.2) is 19.0 Å². The zero-order valence-corrected chi connectivity index (χ0v) is 13.9. The Hall–Kier alpha value is -1.51. The van der Waals surface area contributed by atoms with Crippen molar-refractivity contribution >= 4 is 11.6 Å². The molecule has 3 nitrogen and oxygen atoms in total. The van der Waals surface area contributed by atoms with Gasteiger partial charge < -0.3 is 10.6 Å². The first-order valence-electron chi connectivity index (χ1n) is 7.92. The van der Waals surface area contributed by atoms with Gasteiger partial charge in [-0.2, -0.15) is 0 Å². The van der Waals surface area contributed by atoms with Crippen molar-refractivity contribution in [2.75, 3.05) is 18.4 Å². The van der Waals surface area contributed by atoms with Crippen molar-refractivity contribution in [2.45, 2.75) is 47.0 Å². The van der Waals surface area contributed by atoms with Crippen molar-refractivity contribution in [1.82, 2.24) is 5.32 Å². The van der Waals surface area contributed by atoms with Crippen LogP contribution in [-0.2, 0) is 4.79 Å². The van der Waals surface area contributed by atoms with Gasteiger partial charge in [0, 0.05) is 25.2 Å². The second-order valence-corrected chi connectivity index (χ2v) is 7.07. The minimum atomic E-state index is 0.173. The van der Waals surface area contributed by atoms with Gasteiger partial charge in [-0.15, -0.1) is 0 Å². The molecular formula is C18H30N2O. The summed E-state index contributed by atoms with van der Waals surface area (Å²) >= 11 is 0. The van der Waals surface area contributed by atoms with Crippen molar-refractivity contribution in [1.29, 1.82) is 0 Å². The molecule has 21 heavy (non-hydrogen) atoms. The van der Waals surface area contributed by atoms with Crippen LogP contribution in [0.1, 0.15) is 47.0 Å². The van der Waals surface area contributed by atoms with E-state index < -0.39 is 0 Å². The molecule has 0 bridgehead atoms. The van der Waals surface area contributed by atoms with Crippen molar-refractivity contribution < 1.29 is 4.79 Å². The predicted octanol–water partition coefficient (Wildman–Crippen LogP) is 4.07. The van der Waals surface area contributed by atoms with E-state index in [0.29, 0.717) is 17.8 Å². The van der Waals surface area contributed by atoms with Crippen LogP contribution in [0, 0.1) is 11.3 Å². The van der Waals surface area contributed by atoms with Gasteiger partial charge in [-0.3, -0.25) is 4.79 Å². The van der Waals surface area contributed by atoms with Gasteiger partial charge in [-0.25, -0.2) is 0 Å². The lowest BCUT2D eigenvalue weighted by Crippen LogP contribution is -2.28. The molecule has 0 spiro atoms. The number of carbonyl (C=O) groups excluding carboxylic acids is 1. The maximum absolute atomic E-state index is 11.8. The second kappa shape index (κ2) is 8.71. The summed E-state index contributed by atoms with van der Waals surface area (Å²) < 4.78 is 0. The highest BCUT2D eigenvalue weighted by Gasteiger charge is 2.17. The van der Waals surface area contributed by atoms with Gasteiger partial charge in [0.15, 0.2) is 0 Å². The molecule has 1 aromatic rings. The molecule has 0 saturated heterocycles. The minimum absolute atomic E-state index is 0.173. The molecule has 0 fully saturated rings. The third kappa shape index (κ3) is 9.11. The Labute approximate surface area is 129 Å². The molecule has 2 N–H and O–H groups in total. The summed E-state index contributed by atoms with van der Waals surface area (Å²) in [5.41, 5.74) is 1.42.